The molecule has 0 saturated heterocycles. The monoisotopic (exact) mass is 283 g/mol. The Morgan fingerprint density at radius 1 is 1.15 bits per heavy atom. The van der Waals surface area contributed by atoms with Gasteiger partial charge in [0, 0.05) is 6.07 Å². The van der Waals surface area contributed by atoms with Gasteiger partial charge in [-0.1, -0.05) is 0 Å². The van der Waals surface area contributed by atoms with Gasteiger partial charge in [-0.3, -0.25) is 10.1 Å². The van der Waals surface area contributed by atoms with Crippen molar-refractivity contribution in [2.24, 2.45) is 0 Å². The first kappa shape index (κ1) is 15.7. The third kappa shape index (κ3) is 3.59. The molecule has 1 aromatic carbocycles. The fourth-order valence-electron chi connectivity index (χ4n) is 1.52. The molecule has 0 N–H and O–H groups in total. The highest BCUT2D eigenvalue weighted by molar-refractivity contribution is 5.95. The van der Waals surface area contributed by atoms with Crippen LogP contribution in [0.25, 0.3) is 0 Å². The van der Waals surface area contributed by atoms with E-state index in [1.807, 2.05) is 0 Å². The molecule has 0 atom stereocenters. The van der Waals surface area contributed by atoms with Crippen molar-refractivity contribution >= 4 is 11.7 Å². The standard InChI is InChI=1S/C13H17NO6/c1-13(2,3)20-12(15)8-6-10(18-4)11(19-5)7-9(8)14(16)17/h6-7H,1-5H3. The molecule has 0 aliphatic heterocycles. The minimum absolute atomic E-state index is 0.173. The molecule has 0 bridgehead atoms. The van der Waals surface area contributed by atoms with Crippen molar-refractivity contribution in [3.8, 4) is 11.5 Å². The van der Waals surface area contributed by atoms with Gasteiger partial charge in [-0.15, -0.1) is 0 Å². The maximum atomic E-state index is 12.0. The van der Waals surface area contributed by atoms with Gasteiger partial charge in [0.15, 0.2) is 11.5 Å². The molecule has 7 nitrogen and oxygen atoms in total. The summed E-state index contributed by atoms with van der Waals surface area (Å²) in [5, 5.41) is 11.1. The van der Waals surface area contributed by atoms with E-state index in [0.29, 0.717) is 0 Å². The lowest BCUT2D eigenvalue weighted by Crippen LogP contribution is -2.24. The number of carbonyl (C=O) groups excluding carboxylic acids is 1. The van der Waals surface area contributed by atoms with Crippen LogP contribution in [0.4, 0.5) is 5.69 Å². The fourth-order valence-corrected chi connectivity index (χ4v) is 1.52. The van der Waals surface area contributed by atoms with Crippen LogP contribution in [0.2, 0.25) is 0 Å². The highest BCUT2D eigenvalue weighted by Crippen LogP contribution is 2.35. The number of hydrogen-bond donors (Lipinski definition) is 0. The van der Waals surface area contributed by atoms with Gasteiger partial charge in [0.25, 0.3) is 5.69 Å². The van der Waals surface area contributed by atoms with E-state index < -0.39 is 22.2 Å². The third-order valence-corrected chi connectivity index (χ3v) is 2.32. The quantitative estimate of drug-likeness (QED) is 0.479. The topological polar surface area (TPSA) is 87.9 Å². The smallest absolute Gasteiger partial charge is 0.345 e. The van der Waals surface area contributed by atoms with Gasteiger partial charge in [0.2, 0.25) is 0 Å². The number of carbonyl (C=O) groups is 1. The highest BCUT2D eigenvalue weighted by Gasteiger charge is 2.28. The van der Waals surface area contributed by atoms with E-state index in [2.05, 4.69) is 0 Å². The summed E-state index contributed by atoms with van der Waals surface area (Å²) in [5.74, 6) is -0.393. The Morgan fingerprint density at radius 3 is 2.05 bits per heavy atom. The number of nitro groups is 1. The molecule has 0 aliphatic rings. The predicted molar refractivity (Wildman–Crippen MR) is 71.4 cm³/mol. The van der Waals surface area contributed by atoms with Gasteiger partial charge in [-0.25, -0.2) is 4.79 Å². The second-order valence-corrected chi connectivity index (χ2v) is 4.98. The number of rotatable bonds is 4. The maximum absolute atomic E-state index is 12.0. The van der Waals surface area contributed by atoms with Crippen LogP contribution in [0.1, 0.15) is 31.1 Å². The van der Waals surface area contributed by atoms with Crippen LogP contribution in [0, 0.1) is 10.1 Å². The highest BCUT2D eigenvalue weighted by atomic mass is 16.6. The minimum Gasteiger partial charge on any atom is -0.493 e. The van der Waals surface area contributed by atoms with E-state index in [0.717, 1.165) is 6.07 Å². The number of methoxy groups -OCH3 is 2. The molecule has 7 heteroatoms. The zero-order valence-electron chi connectivity index (χ0n) is 12.1. The molecule has 0 amide bonds. The lowest BCUT2D eigenvalue weighted by atomic mass is 10.1. The van der Waals surface area contributed by atoms with Crippen molar-refractivity contribution in [1.29, 1.82) is 0 Å². The number of hydrogen-bond acceptors (Lipinski definition) is 6. The van der Waals surface area contributed by atoms with Gasteiger partial charge < -0.3 is 14.2 Å². The normalized spacial score (nSPS) is 10.8. The van der Waals surface area contributed by atoms with E-state index >= 15 is 0 Å². The van der Waals surface area contributed by atoms with Crippen molar-refractivity contribution in [1.82, 2.24) is 0 Å². The predicted octanol–water partition coefficient (Wildman–Crippen LogP) is 2.57. The van der Waals surface area contributed by atoms with Crippen molar-refractivity contribution in [3.63, 3.8) is 0 Å². The number of esters is 1. The largest absolute Gasteiger partial charge is 0.493 e. The van der Waals surface area contributed by atoms with E-state index in [9.17, 15) is 14.9 Å². The lowest BCUT2D eigenvalue weighted by molar-refractivity contribution is -0.385. The summed E-state index contributed by atoms with van der Waals surface area (Å²) < 4.78 is 15.2. The molecule has 0 fully saturated rings. The Labute approximate surface area is 116 Å². The molecule has 0 aromatic heterocycles. The molecular weight excluding hydrogens is 266 g/mol. The number of ether oxygens (including phenoxy) is 3. The van der Waals surface area contributed by atoms with Crippen LogP contribution in [0.5, 0.6) is 11.5 Å². The molecule has 20 heavy (non-hydrogen) atoms. The van der Waals surface area contributed by atoms with Crippen molar-refractivity contribution in [2.75, 3.05) is 14.2 Å². The molecule has 0 unspecified atom stereocenters. The van der Waals surface area contributed by atoms with Crippen LogP contribution in [-0.2, 0) is 4.74 Å². The lowest BCUT2D eigenvalue weighted by Gasteiger charge is -2.19. The van der Waals surface area contributed by atoms with Gasteiger partial charge in [-0.2, -0.15) is 0 Å². The first-order chi connectivity index (χ1) is 9.19. The molecule has 0 spiro atoms. The number of benzene rings is 1. The summed E-state index contributed by atoms with van der Waals surface area (Å²) in [7, 11) is 2.73. The summed E-state index contributed by atoms with van der Waals surface area (Å²) in [6.07, 6.45) is 0. The van der Waals surface area contributed by atoms with Crippen LogP contribution >= 0.6 is 0 Å². The molecule has 1 aromatic rings. The summed E-state index contributed by atoms with van der Waals surface area (Å²) in [6, 6.07) is 2.38. The first-order valence-corrected chi connectivity index (χ1v) is 5.83. The number of nitro benzene ring substituents is 1. The summed E-state index contributed by atoms with van der Waals surface area (Å²) in [5.41, 5.74) is -1.32. The summed E-state index contributed by atoms with van der Waals surface area (Å²) in [6.45, 7) is 5.03. The van der Waals surface area contributed by atoms with Crippen LogP contribution in [-0.4, -0.2) is 30.7 Å². The Hall–Kier alpha value is -2.31. The van der Waals surface area contributed by atoms with E-state index in [-0.39, 0.29) is 17.1 Å². The Kier molecular flexibility index (Phi) is 4.54. The van der Waals surface area contributed by atoms with E-state index in [1.54, 1.807) is 20.8 Å². The Morgan fingerprint density at radius 2 is 1.65 bits per heavy atom. The van der Waals surface area contributed by atoms with E-state index in [4.69, 9.17) is 14.2 Å². The zero-order chi connectivity index (χ0) is 15.5. The zero-order valence-corrected chi connectivity index (χ0v) is 12.1. The molecule has 0 radical (unpaired) electrons. The van der Waals surface area contributed by atoms with Crippen LogP contribution < -0.4 is 9.47 Å². The van der Waals surface area contributed by atoms with Gasteiger partial charge in [0.1, 0.15) is 11.2 Å². The van der Waals surface area contributed by atoms with Gasteiger partial charge in [0.05, 0.1) is 25.2 Å². The minimum atomic E-state index is -0.787. The SMILES string of the molecule is COc1cc(C(=O)OC(C)(C)C)c([N+](=O)[O-])cc1OC. The molecular formula is C13H17NO6. The Balaban J connectivity index is 3.36. The Bertz CT molecular complexity index is 532. The first-order valence-electron chi connectivity index (χ1n) is 5.83. The second-order valence-electron chi connectivity index (χ2n) is 4.98. The van der Waals surface area contributed by atoms with E-state index in [1.165, 1.54) is 20.3 Å². The van der Waals surface area contributed by atoms with Gasteiger partial charge >= 0.3 is 5.97 Å². The molecule has 0 aliphatic carbocycles. The second kappa shape index (κ2) is 5.77. The molecule has 0 heterocycles. The fraction of sp³-hybridized carbons (Fsp3) is 0.462. The van der Waals surface area contributed by atoms with Crippen molar-refractivity contribution in [3.05, 3.63) is 27.8 Å². The summed E-state index contributed by atoms with van der Waals surface area (Å²) >= 11 is 0. The van der Waals surface area contributed by atoms with Crippen molar-refractivity contribution < 1.29 is 23.9 Å². The van der Waals surface area contributed by atoms with Crippen LogP contribution in [0.15, 0.2) is 12.1 Å². The molecule has 110 valence electrons. The molecule has 0 saturated carbocycles. The number of nitrogens with zero attached hydrogens (tertiary/aromatic N) is 1. The van der Waals surface area contributed by atoms with Gasteiger partial charge in [-0.05, 0) is 20.8 Å². The van der Waals surface area contributed by atoms with Crippen LogP contribution in [0.3, 0.4) is 0 Å². The van der Waals surface area contributed by atoms with Crippen molar-refractivity contribution in [2.45, 2.75) is 26.4 Å². The molecule has 1 rings (SSSR count). The average Bonchev–Trinajstić information content (AvgIpc) is 2.34. The summed E-state index contributed by atoms with van der Waals surface area (Å²) in [4.78, 5) is 22.4. The third-order valence-electron chi connectivity index (χ3n) is 2.32. The maximum Gasteiger partial charge on any atom is 0.345 e. The average molecular weight is 283 g/mol.